The number of rotatable bonds is 5. The molecule has 0 heterocycles. The third-order valence-electron chi connectivity index (χ3n) is 2.79. The molecule has 0 amide bonds. The Kier molecular flexibility index (Phi) is 5.66. The number of hydrogen-bond donors (Lipinski definition) is 0. The Labute approximate surface area is 89.1 Å². The first-order valence-corrected chi connectivity index (χ1v) is 6.12. The zero-order chi connectivity index (χ0) is 10.2. The predicted molar refractivity (Wildman–Crippen MR) is 64.4 cm³/mol. The lowest BCUT2D eigenvalue weighted by Crippen LogP contribution is -1.91. The average molecular weight is 192 g/mol. The van der Waals surface area contributed by atoms with Gasteiger partial charge in [-0.15, -0.1) is 0 Å². The van der Waals surface area contributed by atoms with Crippen molar-refractivity contribution in [2.45, 2.75) is 58.8 Å². The van der Waals surface area contributed by atoms with Gasteiger partial charge in [0.2, 0.25) is 0 Å². The van der Waals surface area contributed by atoms with E-state index in [1.54, 1.807) is 5.57 Å². The molecule has 0 bridgehead atoms. The van der Waals surface area contributed by atoms with Gasteiger partial charge in [-0.3, -0.25) is 0 Å². The lowest BCUT2D eigenvalue weighted by molar-refractivity contribution is 0.659. The normalized spacial score (nSPS) is 17.8. The zero-order valence-electron chi connectivity index (χ0n) is 9.76. The van der Waals surface area contributed by atoms with Crippen LogP contribution in [0.5, 0.6) is 0 Å². The molecule has 0 saturated heterocycles. The second kappa shape index (κ2) is 6.86. The number of allylic oxidation sites excluding steroid dienone is 4. The summed E-state index contributed by atoms with van der Waals surface area (Å²) in [5.41, 5.74) is 1.70. The van der Waals surface area contributed by atoms with E-state index in [1.807, 2.05) is 0 Å². The van der Waals surface area contributed by atoms with Crippen molar-refractivity contribution in [1.29, 1.82) is 0 Å². The molecular weight excluding hydrogens is 168 g/mol. The molecule has 14 heavy (non-hydrogen) atoms. The second-order valence-corrected chi connectivity index (χ2v) is 4.75. The van der Waals surface area contributed by atoms with Crippen LogP contribution < -0.4 is 0 Å². The van der Waals surface area contributed by atoms with Crippen molar-refractivity contribution in [3.05, 3.63) is 23.8 Å². The van der Waals surface area contributed by atoms with E-state index in [2.05, 4.69) is 32.1 Å². The standard InChI is InChI=1S/C14H24/c1-13(2)9-5-3-6-10-14-11-7-4-8-12-14/h3,5,11,13H,4,6-10,12H2,1-2H3/b5-3-. The Morgan fingerprint density at radius 3 is 2.79 bits per heavy atom. The minimum atomic E-state index is 0.806. The highest BCUT2D eigenvalue weighted by Gasteiger charge is 2.01. The Morgan fingerprint density at radius 2 is 2.14 bits per heavy atom. The highest BCUT2D eigenvalue weighted by molar-refractivity contribution is 5.06. The van der Waals surface area contributed by atoms with E-state index in [0.29, 0.717) is 0 Å². The summed E-state index contributed by atoms with van der Waals surface area (Å²) in [7, 11) is 0. The smallest absolute Gasteiger partial charge is 0.0286 e. The van der Waals surface area contributed by atoms with Crippen molar-refractivity contribution in [2.75, 3.05) is 0 Å². The molecule has 1 aliphatic carbocycles. The molecule has 80 valence electrons. The summed E-state index contributed by atoms with van der Waals surface area (Å²) >= 11 is 0. The van der Waals surface area contributed by atoms with Gasteiger partial charge < -0.3 is 0 Å². The van der Waals surface area contributed by atoms with Crippen LogP contribution in [0.4, 0.5) is 0 Å². The molecule has 0 aliphatic heterocycles. The Morgan fingerprint density at radius 1 is 1.29 bits per heavy atom. The summed E-state index contributed by atoms with van der Waals surface area (Å²) in [5, 5.41) is 0. The lowest BCUT2D eigenvalue weighted by atomic mass is 9.96. The monoisotopic (exact) mass is 192 g/mol. The minimum Gasteiger partial charge on any atom is -0.0883 e. The lowest BCUT2D eigenvalue weighted by Gasteiger charge is -2.10. The fourth-order valence-electron chi connectivity index (χ4n) is 1.89. The van der Waals surface area contributed by atoms with E-state index in [4.69, 9.17) is 0 Å². The number of hydrogen-bond acceptors (Lipinski definition) is 0. The Bertz CT molecular complexity index is 196. The van der Waals surface area contributed by atoms with Crippen LogP contribution in [0.15, 0.2) is 23.8 Å². The summed E-state index contributed by atoms with van der Waals surface area (Å²) < 4.78 is 0. The maximum atomic E-state index is 2.46. The maximum absolute atomic E-state index is 2.46. The first-order valence-electron chi connectivity index (χ1n) is 6.12. The first kappa shape index (κ1) is 11.6. The molecule has 1 rings (SSSR count). The highest BCUT2D eigenvalue weighted by Crippen LogP contribution is 2.21. The van der Waals surface area contributed by atoms with Gasteiger partial charge in [0.05, 0.1) is 0 Å². The van der Waals surface area contributed by atoms with Crippen LogP contribution in [-0.4, -0.2) is 0 Å². The van der Waals surface area contributed by atoms with Crippen LogP contribution in [-0.2, 0) is 0 Å². The van der Waals surface area contributed by atoms with E-state index in [9.17, 15) is 0 Å². The van der Waals surface area contributed by atoms with Crippen LogP contribution in [0, 0.1) is 5.92 Å². The topological polar surface area (TPSA) is 0 Å². The van der Waals surface area contributed by atoms with Gasteiger partial charge in [-0.1, -0.05) is 37.6 Å². The molecule has 0 saturated carbocycles. The Hall–Kier alpha value is -0.520. The summed E-state index contributed by atoms with van der Waals surface area (Å²) in [4.78, 5) is 0. The maximum Gasteiger partial charge on any atom is -0.0286 e. The van der Waals surface area contributed by atoms with Crippen LogP contribution in [0.2, 0.25) is 0 Å². The summed E-state index contributed by atoms with van der Waals surface area (Å²) in [6.07, 6.45) is 16.5. The fraction of sp³-hybridized carbons (Fsp3) is 0.714. The molecule has 0 aromatic carbocycles. The molecule has 1 aliphatic rings. The molecule has 0 nitrogen and oxygen atoms in total. The van der Waals surface area contributed by atoms with E-state index in [1.165, 1.54) is 44.9 Å². The van der Waals surface area contributed by atoms with Gasteiger partial charge in [0, 0.05) is 0 Å². The molecule has 0 N–H and O–H groups in total. The molecule has 0 heteroatoms. The second-order valence-electron chi connectivity index (χ2n) is 4.75. The van der Waals surface area contributed by atoms with Gasteiger partial charge >= 0.3 is 0 Å². The molecule has 0 aromatic rings. The van der Waals surface area contributed by atoms with Crippen molar-refractivity contribution in [2.24, 2.45) is 5.92 Å². The van der Waals surface area contributed by atoms with Crippen LogP contribution in [0.25, 0.3) is 0 Å². The van der Waals surface area contributed by atoms with Gasteiger partial charge in [0.1, 0.15) is 0 Å². The van der Waals surface area contributed by atoms with Crippen molar-refractivity contribution >= 4 is 0 Å². The molecular formula is C14H24. The molecule has 0 atom stereocenters. The Balaban J connectivity index is 2.08. The molecule has 0 unspecified atom stereocenters. The largest absolute Gasteiger partial charge is 0.0883 e. The average Bonchev–Trinajstić information content (AvgIpc) is 2.18. The van der Waals surface area contributed by atoms with E-state index in [-0.39, 0.29) is 0 Å². The summed E-state index contributed by atoms with van der Waals surface area (Å²) in [6, 6.07) is 0. The quantitative estimate of drug-likeness (QED) is 0.545. The third-order valence-corrected chi connectivity index (χ3v) is 2.79. The van der Waals surface area contributed by atoms with E-state index < -0.39 is 0 Å². The minimum absolute atomic E-state index is 0.806. The molecule has 0 radical (unpaired) electrons. The van der Waals surface area contributed by atoms with Gasteiger partial charge in [-0.05, 0) is 50.9 Å². The fourth-order valence-corrected chi connectivity index (χ4v) is 1.89. The van der Waals surface area contributed by atoms with Crippen molar-refractivity contribution in [3.8, 4) is 0 Å². The molecule has 0 aromatic heterocycles. The van der Waals surface area contributed by atoms with Gasteiger partial charge in [0.15, 0.2) is 0 Å². The van der Waals surface area contributed by atoms with Crippen molar-refractivity contribution < 1.29 is 0 Å². The van der Waals surface area contributed by atoms with Crippen LogP contribution in [0.3, 0.4) is 0 Å². The van der Waals surface area contributed by atoms with Crippen LogP contribution >= 0.6 is 0 Å². The predicted octanol–water partition coefficient (Wildman–Crippen LogP) is 4.87. The van der Waals surface area contributed by atoms with E-state index >= 15 is 0 Å². The third kappa shape index (κ3) is 5.26. The SMILES string of the molecule is CC(C)C/C=C\CCC1=CCCCC1. The molecule has 0 spiro atoms. The summed E-state index contributed by atoms with van der Waals surface area (Å²) in [6.45, 7) is 4.54. The zero-order valence-corrected chi connectivity index (χ0v) is 9.76. The van der Waals surface area contributed by atoms with Gasteiger partial charge in [-0.2, -0.15) is 0 Å². The van der Waals surface area contributed by atoms with Gasteiger partial charge in [-0.25, -0.2) is 0 Å². The first-order chi connectivity index (χ1) is 6.79. The summed E-state index contributed by atoms with van der Waals surface area (Å²) in [5.74, 6) is 0.806. The highest BCUT2D eigenvalue weighted by atomic mass is 14.1. The van der Waals surface area contributed by atoms with Crippen LogP contribution in [0.1, 0.15) is 58.8 Å². The molecule has 0 fully saturated rings. The van der Waals surface area contributed by atoms with E-state index in [0.717, 1.165) is 5.92 Å². The van der Waals surface area contributed by atoms with Crippen molar-refractivity contribution in [3.63, 3.8) is 0 Å². The van der Waals surface area contributed by atoms with Gasteiger partial charge in [0.25, 0.3) is 0 Å². The van der Waals surface area contributed by atoms with Crippen molar-refractivity contribution in [1.82, 2.24) is 0 Å².